The second-order valence-corrected chi connectivity index (χ2v) is 10.2. The van der Waals surface area contributed by atoms with Crippen LogP contribution in [0.15, 0.2) is 48.5 Å². The topological polar surface area (TPSA) is 83.6 Å². The Morgan fingerprint density at radius 2 is 1.94 bits per heavy atom. The van der Waals surface area contributed by atoms with Crippen molar-refractivity contribution in [3.05, 3.63) is 80.8 Å². The molecular formula is C27H25ClN4O3S. The molecule has 9 heteroatoms. The molecule has 3 heterocycles. The number of nitrogens with one attached hydrogen (secondary N) is 2. The van der Waals surface area contributed by atoms with Crippen LogP contribution in [0.3, 0.4) is 0 Å². The average molecular weight is 521 g/mol. The number of rotatable bonds is 5. The van der Waals surface area contributed by atoms with E-state index in [1.54, 1.807) is 12.0 Å². The number of amides is 2. The van der Waals surface area contributed by atoms with Gasteiger partial charge >= 0.3 is 0 Å². The number of hydrogen-bond donors (Lipinski definition) is 2. The summed E-state index contributed by atoms with van der Waals surface area (Å²) in [6.45, 7) is 5.74. The summed E-state index contributed by atoms with van der Waals surface area (Å²) >= 11 is 7.83. The van der Waals surface area contributed by atoms with E-state index in [1.165, 1.54) is 18.3 Å². The monoisotopic (exact) mass is 520 g/mol. The van der Waals surface area contributed by atoms with Crippen LogP contribution in [-0.2, 0) is 16.1 Å². The molecule has 2 aromatic heterocycles. The van der Waals surface area contributed by atoms with Gasteiger partial charge in [0.1, 0.15) is 15.9 Å². The van der Waals surface area contributed by atoms with E-state index in [4.69, 9.17) is 21.3 Å². The molecule has 4 aromatic rings. The maximum atomic E-state index is 14.1. The van der Waals surface area contributed by atoms with Crippen molar-refractivity contribution in [1.29, 1.82) is 0 Å². The van der Waals surface area contributed by atoms with Gasteiger partial charge in [0.15, 0.2) is 0 Å². The number of nitrogens with zero attached hydrogens (tertiary/aromatic N) is 2. The van der Waals surface area contributed by atoms with Crippen molar-refractivity contribution in [1.82, 2.24) is 4.98 Å². The smallest absolute Gasteiger partial charge is 0.272 e. The lowest BCUT2D eigenvalue weighted by Crippen LogP contribution is -2.42. The molecule has 2 amide bonds. The zero-order valence-corrected chi connectivity index (χ0v) is 21.9. The van der Waals surface area contributed by atoms with Gasteiger partial charge in [-0.1, -0.05) is 29.8 Å². The first-order valence-electron chi connectivity index (χ1n) is 11.4. The Morgan fingerprint density at radius 1 is 1.19 bits per heavy atom. The fraction of sp³-hybridized carbons (Fsp3) is 0.222. The molecule has 2 aromatic carbocycles. The Labute approximate surface area is 218 Å². The second kappa shape index (κ2) is 9.54. The lowest BCUT2D eigenvalue weighted by molar-refractivity contribution is -0.114. The van der Waals surface area contributed by atoms with Crippen molar-refractivity contribution in [3.8, 4) is 0 Å². The molecule has 0 fully saturated rings. The second-order valence-electron chi connectivity index (χ2n) is 8.80. The highest BCUT2D eigenvalue weighted by atomic mass is 35.5. The quantitative estimate of drug-likeness (QED) is 0.316. The van der Waals surface area contributed by atoms with Crippen molar-refractivity contribution in [2.45, 2.75) is 33.5 Å². The van der Waals surface area contributed by atoms with Gasteiger partial charge in [-0.3, -0.25) is 14.5 Å². The summed E-state index contributed by atoms with van der Waals surface area (Å²) in [5.74, 6) is -0.281. The average Bonchev–Trinajstić information content (AvgIpc) is 3.20. The first-order chi connectivity index (χ1) is 17.3. The summed E-state index contributed by atoms with van der Waals surface area (Å²) in [6, 6.07) is 15.1. The van der Waals surface area contributed by atoms with Crippen LogP contribution in [-0.4, -0.2) is 23.9 Å². The summed E-state index contributed by atoms with van der Waals surface area (Å²) < 4.78 is 5.45. The summed E-state index contributed by atoms with van der Waals surface area (Å²) in [6.07, 6.45) is -0.510. The Morgan fingerprint density at radius 3 is 2.61 bits per heavy atom. The van der Waals surface area contributed by atoms with Crippen molar-refractivity contribution < 1.29 is 14.3 Å². The van der Waals surface area contributed by atoms with Crippen LogP contribution in [0.4, 0.5) is 17.1 Å². The number of fused-ring (bicyclic) bond motifs is 3. The van der Waals surface area contributed by atoms with Crippen LogP contribution >= 0.6 is 22.9 Å². The van der Waals surface area contributed by atoms with Crippen molar-refractivity contribution in [2.24, 2.45) is 0 Å². The zero-order chi connectivity index (χ0) is 25.6. The first-order valence-corrected chi connectivity index (χ1v) is 12.6. The number of halogens is 1. The Hall–Kier alpha value is -3.46. The number of aryl methyl sites for hydroxylation is 2. The van der Waals surface area contributed by atoms with Gasteiger partial charge in [0, 0.05) is 41.5 Å². The van der Waals surface area contributed by atoms with Gasteiger partial charge in [-0.05, 0) is 60.9 Å². The molecule has 1 atom stereocenters. The predicted octanol–water partition coefficient (Wildman–Crippen LogP) is 6.44. The normalized spacial score (nSPS) is 15.1. The SMILES string of the molecule is COCc1cc(C)nc2sc3c(c12)NC(c1ccc(NC(C)=O)cc1)N(c1ccc(C)c(Cl)c1)C3=O. The zero-order valence-electron chi connectivity index (χ0n) is 20.3. The van der Waals surface area contributed by atoms with E-state index in [0.717, 1.165) is 38.3 Å². The lowest BCUT2D eigenvalue weighted by atomic mass is 10.0. The molecule has 5 rings (SSSR count). The van der Waals surface area contributed by atoms with Gasteiger partial charge in [0.2, 0.25) is 5.91 Å². The van der Waals surface area contributed by atoms with E-state index in [9.17, 15) is 9.59 Å². The summed E-state index contributed by atoms with van der Waals surface area (Å²) in [5.41, 5.74) is 5.75. The molecule has 7 nitrogen and oxygen atoms in total. The fourth-order valence-corrected chi connectivity index (χ4v) is 5.82. The fourth-order valence-electron chi connectivity index (χ4n) is 4.48. The summed E-state index contributed by atoms with van der Waals surface area (Å²) in [4.78, 5) is 33.4. The minimum absolute atomic E-state index is 0.136. The highest BCUT2D eigenvalue weighted by Crippen LogP contribution is 2.46. The lowest BCUT2D eigenvalue weighted by Gasteiger charge is -2.37. The third-order valence-corrected chi connectivity index (χ3v) is 7.58. The van der Waals surface area contributed by atoms with Gasteiger partial charge in [0.25, 0.3) is 5.91 Å². The molecule has 2 N–H and O–H groups in total. The third-order valence-electron chi connectivity index (χ3n) is 6.10. The molecule has 0 bridgehead atoms. The van der Waals surface area contributed by atoms with E-state index in [1.807, 2.05) is 62.4 Å². The van der Waals surface area contributed by atoms with E-state index in [0.29, 0.717) is 27.9 Å². The maximum absolute atomic E-state index is 14.1. The number of anilines is 3. The largest absolute Gasteiger partial charge is 0.380 e. The van der Waals surface area contributed by atoms with Crippen LogP contribution < -0.4 is 15.5 Å². The highest BCUT2D eigenvalue weighted by Gasteiger charge is 2.38. The summed E-state index contributed by atoms with van der Waals surface area (Å²) in [7, 11) is 1.65. The first kappa shape index (κ1) is 24.2. The predicted molar refractivity (Wildman–Crippen MR) is 145 cm³/mol. The summed E-state index contributed by atoms with van der Waals surface area (Å²) in [5, 5.41) is 7.89. The van der Waals surface area contributed by atoms with Crippen molar-refractivity contribution >= 4 is 62.0 Å². The Bertz CT molecular complexity index is 1500. The molecule has 184 valence electrons. The number of pyridine rings is 1. The number of methoxy groups -OCH3 is 1. The maximum Gasteiger partial charge on any atom is 0.272 e. The van der Waals surface area contributed by atoms with E-state index in [-0.39, 0.29) is 11.8 Å². The number of hydrogen-bond acceptors (Lipinski definition) is 6. The van der Waals surface area contributed by atoms with Crippen LogP contribution in [0.1, 0.15) is 45.1 Å². The van der Waals surface area contributed by atoms with Gasteiger partial charge in [-0.2, -0.15) is 0 Å². The van der Waals surface area contributed by atoms with Crippen molar-refractivity contribution in [2.75, 3.05) is 22.6 Å². The Kier molecular flexibility index (Phi) is 6.42. The van der Waals surface area contributed by atoms with Crippen LogP contribution in [0.25, 0.3) is 10.2 Å². The Balaban J connectivity index is 1.68. The van der Waals surface area contributed by atoms with Crippen LogP contribution in [0, 0.1) is 13.8 Å². The number of thiophene rings is 1. The molecule has 0 aliphatic carbocycles. The molecule has 0 spiro atoms. The molecule has 0 radical (unpaired) electrons. The van der Waals surface area contributed by atoms with Gasteiger partial charge in [0.05, 0.1) is 12.3 Å². The highest BCUT2D eigenvalue weighted by molar-refractivity contribution is 7.21. The van der Waals surface area contributed by atoms with Crippen LogP contribution in [0.5, 0.6) is 0 Å². The molecule has 1 aliphatic heterocycles. The number of ether oxygens (including phenoxy) is 1. The number of carbonyl (C=O) groups is 2. The van der Waals surface area contributed by atoms with E-state index < -0.39 is 6.17 Å². The molecule has 0 saturated heterocycles. The molecule has 1 aliphatic rings. The van der Waals surface area contributed by atoms with Gasteiger partial charge in [-0.25, -0.2) is 4.98 Å². The van der Waals surface area contributed by atoms with Gasteiger partial charge in [-0.15, -0.1) is 11.3 Å². The number of aromatic nitrogens is 1. The minimum atomic E-state index is -0.510. The van der Waals surface area contributed by atoms with Crippen LogP contribution in [0.2, 0.25) is 5.02 Å². The number of carbonyl (C=O) groups excluding carboxylic acids is 2. The molecular weight excluding hydrogens is 496 g/mol. The number of benzene rings is 2. The van der Waals surface area contributed by atoms with E-state index in [2.05, 4.69) is 10.6 Å². The van der Waals surface area contributed by atoms with Gasteiger partial charge < -0.3 is 15.4 Å². The molecule has 0 saturated carbocycles. The van der Waals surface area contributed by atoms with E-state index >= 15 is 0 Å². The third kappa shape index (κ3) is 4.32. The molecule has 36 heavy (non-hydrogen) atoms. The molecule has 1 unspecified atom stereocenters. The van der Waals surface area contributed by atoms with Crippen molar-refractivity contribution in [3.63, 3.8) is 0 Å². The standard InChI is InChI=1S/C27H25ClN4O3S/c1-14-5-10-20(12-21(14)28)32-25(17-6-8-19(9-7-17)30-16(3)33)31-23-22-18(13-35-4)11-15(2)29-26(22)36-24(23)27(32)34/h5-12,25,31H,13H2,1-4H3,(H,30,33). The minimum Gasteiger partial charge on any atom is -0.380 e.